The van der Waals surface area contributed by atoms with Crippen molar-refractivity contribution >= 4 is 15.9 Å². The van der Waals surface area contributed by atoms with Crippen molar-refractivity contribution in [3.63, 3.8) is 0 Å². The van der Waals surface area contributed by atoms with Gasteiger partial charge < -0.3 is 10.4 Å². The lowest BCUT2D eigenvalue weighted by molar-refractivity contribution is 0.441. The van der Waals surface area contributed by atoms with Crippen LogP contribution in [0, 0.1) is 0 Å². The summed E-state index contributed by atoms with van der Waals surface area (Å²) < 4.78 is 0.982. The molecule has 20 heavy (non-hydrogen) atoms. The number of aromatic nitrogens is 1. The van der Waals surface area contributed by atoms with Crippen molar-refractivity contribution < 1.29 is 5.11 Å². The molecule has 0 saturated heterocycles. The normalized spacial score (nSPS) is 12.3. The van der Waals surface area contributed by atoms with Crippen LogP contribution in [0.5, 0.6) is 5.75 Å². The molecule has 4 heteroatoms. The summed E-state index contributed by atoms with van der Waals surface area (Å²) in [6.45, 7) is 2.94. The molecule has 0 aliphatic heterocycles. The van der Waals surface area contributed by atoms with Gasteiger partial charge in [0.2, 0.25) is 0 Å². The van der Waals surface area contributed by atoms with E-state index in [2.05, 4.69) is 33.2 Å². The molecule has 0 bridgehead atoms. The fourth-order valence-corrected chi connectivity index (χ4v) is 2.58. The Morgan fingerprint density at radius 1 is 1.30 bits per heavy atom. The van der Waals surface area contributed by atoms with Gasteiger partial charge in [-0.3, -0.25) is 4.98 Å². The second kappa shape index (κ2) is 7.41. The van der Waals surface area contributed by atoms with E-state index in [-0.39, 0.29) is 6.04 Å². The van der Waals surface area contributed by atoms with Crippen molar-refractivity contribution in [2.24, 2.45) is 0 Å². The Balaban J connectivity index is 1.97. The predicted molar refractivity (Wildman–Crippen MR) is 84.8 cm³/mol. The number of aromatic hydroxyl groups is 1. The summed E-state index contributed by atoms with van der Waals surface area (Å²) in [5.74, 6) is 0.338. The summed E-state index contributed by atoms with van der Waals surface area (Å²) in [7, 11) is 0. The van der Waals surface area contributed by atoms with E-state index in [1.54, 1.807) is 6.07 Å². The van der Waals surface area contributed by atoms with Crippen LogP contribution in [0.25, 0.3) is 0 Å². The third-order valence-electron chi connectivity index (χ3n) is 3.27. The molecule has 0 radical (unpaired) electrons. The monoisotopic (exact) mass is 334 g/mol. The average Bonchev–Trinajstić information content (AvgIpc) is 2.48. The first kappa shape index (κ1) is 15.0. The van der Waals surface area contributed by atoms with Crippen LogP contribution in [0.1, 0.15) is 30.6 Å². The quantitative estimate of drug-likeness (QED) is 0.843. The van der Waals surface area contributed by atoms with Crippen LogP contribution in [0.2, 0.25) is 0 Å². The zero-order valence-electron chi connectivity index (χ0n) is 11.5. The van der Waals surface area contributed by atoms with Crippen molar-refractivity contribution in [3.8, 4) is 5.75 Å². The van der Waals surface area contributed by atoms with Crippen LogP contribution in [-0.2, 0) is 6.42 Å². The van der Waals surface area contributed by atoms with Gasteiger partial charge in [-0.1, -0.05) is 28.9 Å². The Labute approximate surface area is 128 Å². The fourth-order valence-electron chi connectivity index (χ4n) is 2.20. The molecular formula is C16H19BrN2O. The van der Waals surface area contributed by atoms with Crippen LogP contribution in [-0.4, -0.2) is 16.6 Å². The highest BCUT2D eigenvalue weighted by molar-refractivity contribution is 9.10. The smallest absolute Gasteiger partial charge is 0.120 e. The number of hydrogen-bond donors (Lipinski definition) is 2. The van der Waals surface area contributed by atoms with Crippen molar-refractivity contribution in [2.75, 3.05) is 6.54 Å². The summed E-state index contributed by atoms with van der Waals surface area (Å²) in [6.07, 6.45) is 3.62. The molecule has 1 aromatic carbocycles. The summed E-state index contributed by atoms with van der Waals surface area (Å²) in [6, 6.07) is 11.6. The number of halogens is 1. The van der Waals surface area contributed by atoms with E-state index < -0.39 is 0 Å². The SMILES string of the molecule is CCC(NCCc1ccccn1)c1cc(Br)ccc1O. The molecule has 1 heterocycles. The highest BCUT2D eigenvalue weighted by Crippen LogP contribution is 2.29. The van der Waals surface area contributed by atoms with E-state index in [1.165, 1.54) is 0 Å². The molecule has 0 spiro atoms. The van der Waals surface area contributed by atoms with Gasteiger partial charge >= 0.3 is 0 Å². The molecule has 1 aromatic heterocycles. The molecule has 0 aliphatic carbocycles. The lowest BCUT2D eigenvalue weighted by Gasteiger charge is -2.19. The van der Waals surface area contributed by atoms with E-state index in [4.69, 9.17) is 0 Å². The third kappa shape index (κ3) is 4.05. The minimum atomic E-state index is 0.149. The number of pyridine rings is 1. The Morgan fingerprint density at radius 3 is 2.85 bits per heavy atom. The lowest BCUT2D eigenvalue weighted by atomic mass is 10.0. The summed E-state index contributed by atoms with van der Waals surface area (Å²) in [4.78, 5) is 4.31. The molecule has 0 fully saturated rings. The van der Waals surface area contributed by atoms with Crippen LogP contribution in [0.4, 0.5) is 0 Å². The molecular weight excluding hydrogens is 316 g/mol. The van der Waals surface area contributed by atoms with Gasteiger partial charge in [0.15, 0.2) is 0 Å². The minimum Gasteiger partial charge on any atom is -0.508 e. The number of phenolic OH excluding ortho intramolecular Hbond substituents is 1. The maximum atomic E-state index is 9.98. The number of benzene rings is 1. The highest BCUT2D eigenvalue weighted by Gasteiger charge is 2.13. The van der Waals surface area contributed by atoms with Gasteiger partial charge in [-0.25, -0.2) is 0 Å². The molecule has 2 rings (SSSR count). The second-order valence-electron chi connectivity index (χ2n) is 4.69. The van der Waals surface area contributed by atoms with Gasteiger partial charge in [0.1, 0.15) is 5.75 Å². The van der Waals surface area contributed by atoms with Crippen molar-refractivity contribution in [1.29, 1.82) is 0 Å². The van der Waals surface area contributed by atoms with Gasteiger partial charge in [-0.2, -0.15) is 0 Å². The van der Waals surface area contributed by atoms with Gasteiger partial charge in [-0.15, -0.1) is 0 Å². The lowest BCUT2D eigenvalue weighted by Crippen LogP contribution is -2.23. The van der Waals surface area contributed by atoms with E-state index in [1.807, 2.05) is 36.5 Å². The molecule has 106 valence electrons. The number of phenols is 1. The Bertz CT molecular complexity index is 545. The second-order valence-corrected chi connectivity index (χ2v) is 5.60. The van der Waals surface area contributed by atoms with Crippen LogP contribution in [0.15, 0.2) is 47.1 Å². The maximum Gasteiger partial charge on any atom is 0.120 e. The van der Waals surface area contributed by atoms with Gasteiger partial charge in [0.05, 0.1) is 0 Å². The first-order valence-corrected chi connectivity index (χ1v) is 7.61. The first-order valence-electron chi connectivity index (χ1n) is 6.82. The summed E-state index contributed by atoms with van der Waals surface area (Å²) in [5, 5.41) is 13.5. The standard InChI is InChI=1S/C16H19BrN2O/c1-2-15(14-11-12(17)6-7-16(14)20)19-10-8-13-5-3-4-9-18-13/h3-7,9,11,15,19-20H,2,8,10H2,1H3. The van der Waals surface area contributed by atoms with Crippen molar-refractivity contribution in [3.05, 3.63) is 58.3 Å². The molecule has 3 nitrogen and oxygen atoms in total. The highest BCUT2D eigenvalue weighted by atomic mass is 79.9. The Morgan fingerprint density at radius 2 is 2.15 bits per heavy atom. The van der Waals surface area contributed by atoms with E-state index in [9.17, 15) is 5.11 Å². The maximum absolute atomic E-state index is 9.98. The van der Waals surface area contributed by atoms with Crippen LogP contribution in [0.3, 0.4) is 0 Å². The molecule has 0 saturated carbocycles. The number of rotatable bonds is 6. The Kier molecular flexibility index (Phi) is 5.56. The van der Waals surface area contributed by atoms with Crippen LogP contribution >= 0.6 is 15.9 Å². The molecule has 0 aliphatic rings. The topological polar surface area (TPSA) is 45.2 Å². The predicted octanol–water partition coefficient (Wildman–Crippen LogP) is 3.83. The minimum absolute atomic E-state index is 0.149. The summed E-state index contributed by atoms with van der Waals surface area (Å²) in [5.41, 5.74) is 2.01. The number of nitrogens with one attached hydrogen (secondary N) is 1. The molecule has 2 aromatic rings. The molecule has 2 N–H and O–H groups in total. The summed E-state index contributed by atoms with van der Waals surface area (Å²) >= 11 is 3.45. The molecule has 0 amide bonds. The molecule has 1 atom stereocenters. The molecule has 1 unspecified atom stereocenters. The Hall–Kier alpha value is -1.39. The zero-order valence-corrected chi connectivity index (χ0v) is 13.1. The first-order chi connectivity index (χ1) is 9.70. The number of nitrogens with zero attached hydrogens (tertiary/aromatic N) is 1. The fraction of sp³-hybridized carbons (Fsp3) is 0.312. The van der Waals surface area contributed by atoms with E-state index in [0.717, 1.165) is 35.1 Å². The van der Waals surface area contributed by atoms with Gasteiger partial charge in [-0.05, 0) is 36.8 Å². The zero-order chi connectivity index (χ0) is 14.4. The average molecular weight is 335 g/mol. The van der Waals surface area contributed by atoms with E-state index in [0.29, 0.717) is 5.75 Å². The van der Waals surface area contributed by atoms with Gasteiger partial charge in [0, 0.05) is 40.9 Å². The third-order valence-corrected chi connectivity index (χ3v) is 3.76. The van der Waals surface area contributed by atoms with Crippen molar-refractivity contribution in [1.82, 2.24) is 10.3 Å². The number of hydrogen-bond acceptors (Lipinski definition) is 3. The van der Waals surface area contributed by atoms with Gasteiger partial charge in [0.25, 0.3) is 0 Å². The van der Waals surface area contributed by atoms with Crippen LogP contribution < -0.4 is 5.32 Å². The van der Waals surface area contributed by atoms with E-state index >= 15 is 0 Å². The largest absolute Gasteiger partial charge is 0.508 e. The van der Waals surface area contributed by atoms with Crippen molar-refractivity contribution in [2.45, 2.75) is 25.8 Å².